The summed E-state index contributed by atoms with van der Waals surface area (Å²) in [6.07, 6.45) is 2.34. The first kappa shape index (κ1) is 17.2. The predicted octanol–water partition coefficient (Wildman–Crippen LogP) is 1.32. The van der Waals surface area contributed by atoms with Crippen LogP contribution in [0.1, 0.15) is 32.5 Å². The van der Waals surface area contributed by atoms with Crippen LogP contribution in [0.2, 0.25) is 0 Å². The maximum Gasteiger partial charge on any atom is 0.319 e. The standard InChI is InChI=1S/C16H24N4O3/c1-4-16(5-2,15(22)23)14(21)20-10-8-19(9-11-20)13-6-7-17-12(3)18-13/h6-7H,4-5,8-11H2,1-3H3,(H,22,23). The molecule has 0 atom stereocenters. The van der Waals surface area contributed by atoms with Crippen LogP contribution in [0.3, 0.4) is 0 Å². The minimum atomic E-state index is -1.30. The van der Waals surface area contributed by atoms with Crippen molar-refractivity contribution in [2.45, 2.75) is 33.6 Å². The predicted molar refractivity (Wildman–Crippen MR) is 86.2 cm³/mol. The molecular weight excluding hydrogens is 296 g/mol. The molecule has 7 nitrogen and oxygen atoms in total. The van der Waals surface area contributed by atoms with Crippen LogP contribution in [-0.2, 0) is 9.59 Å². The van der Waals surface area contributed by atoms with Crippen LogP contribution in [0, 0.1) is 12.3 Å². The topological polar surface area (TPSA) is 86.6 Å². The van der Waals surface area contributed by atoms with Gasteiger partial charge in [-0.05, 0) is 25.8 Å². The van der Waals surface area contributed by atoms with Gasteiger partial charge in [-0.3, -0.25) is 9.59 Å². The fourth-order valence-electron chi connectivity index (χ4n) is 3.01. The van der Waals surface area contributed by atoms with Crippen LogP contribution in [0.4, 0.5) is 5.82 Å². The van der Waals surface area contributed by atoms with Gasteiger partial charge in [-0.1, -0.05) is 13.8 Å². The van der Waals surface area contributed by atoms with Crippen LogP contribution in [-0.4, -0.2) is 58.0 Å². The van der Waals surface area contributed by atoms with Gasteiger partial charge in [0.2, 0.25) is 5.91 Å². The number of carbonyl (C=O) groups excluding carboxylic acids is 1. The van der Waals surface area contributed by atoms with E-state index in [0.29, 0.717) is 44.8 Å². The molecule has 23 heavy (non-hydrogen) atoms. The molecule has 2 heterocycles. The molecule has 1 amide bonds. The number of piperazine rings is 1. The smallest absolute Gasteiger partial charge is 0.319 e. The highest BCUT2D eigenvalue weighted by Gasteiger charge is 2.45. The highest BCUT2D eigenvalue weighted by molar-refractivity contribution is 6.01. The van der Waals surface area contributed by atoms with E-state index in [4.69, 9.17) is 0 Å². The van der Waals surface area contributed by atoms with Crippen LogP contribution in [0.5, 0.6) is 0 Å². The minimum Gasteiger partial charge on any atom is -0.480 e. The van der Waals surface area contributed by atoms with Crippen molar-refractivity contribution in [3.8, 4) is 0 Å². The van der Waals surface area contributed by atoms with Crippen molar-refractivity contribution in [1.29, 1.82) is 0 Å². The first-order valence-electron chi connectivity index (χ1n) is 8.02. The lowest BCUT2D eigenvalue weighted by molar-refractivity contribution is -0.161. The van der Waals surface area contributed by atoms with Gasteiger partial charge in [0.15, 0.2) is 0 Å². The second kappa shape index (κ2) is 6.93. The fourth-order valence-corrected chi connectivity index (χ4v) is 3.01. The van der Waals surface area contributed by atoms with E-state index in [1.807, 2.05) is 13.0 Å². The summed E-state index contributed by atoms with van der Waals surface area (Å²) in [5.74, 6) is 0.262. The lowest BCUT2D eigenvalue weighted by Gasteiger charge is -2.39. The maximum atomic E-state index is 12.7. The second-order valence-corrected chi connectivity index (χ2v) is 5.84. The van der Waals surface area contributed by atoms with Gasteiger partial charge >= 0.3 is 5.97 Å². The highest BCUT2D eigenvalue weighted by atomic mass is 16.4. The largest absolute Gasteiger partial charge is 0.480 e. The number of hydrogen-bond donors (Lipinski definition) is 1. The number of carboxylic acid groups (broad SMARTS) is 1. The molecule has 1 fully saturated rings. The molecule has 0 saturated carbocycles. The molecule has 0 aromatic carbocycles. The van der Waals surface area contributed by atoms with Gasteiger partial charge in [0.05, 0.1) is 0 Å². The average molecular weight is 320 g/mol. The van der Waals surface area contributed by atoms with Gasteiger partial charge in [-0.25, -0.2) is 9.97 Å². The molecule has 2 rings (SSSR count). The molecule has 0 radical (unpaired) electrons. The summed E-state index contributed by atoms with van der Waals surface area (Å²) < 4.78 is 0. The summed E-state index contributed by atoms with van der Waals surface area (Å²) in [4.78, 5) is 36.6. The molecule has 1 N–H and O–H groups in total. The molecule has 126 valence electrons. The fraction of sp³-hybridized carbons (Fsp3) is 0.625. The summed E-state index contributed by atoms with van der Waals surface area (Å²) in [7, 11) is 0. The Labute approximate surface area is 136 Å². The maximum absolute atomic E-state index is 12.7. The minimum absolute atomic E-state index is 0.270. The first-order chi connectivity index (χ1) is 10.9. The lowest BCUT2D eigenvalue weighted by atomic mass is 9.80. The third-order valence-electron chi connectivity index (χ3n) is 4.68. The molecule has 1 aromatic rings. The monoisotopic (exact) mass is 320 g/mol. The normalized spacial score (nSPS) is 15.6. The number of hydrogen-bond acceptors (Lipinski definition) is 5. The Kier molecular flexibility index (Phi) is 5.18. The van der Waals surface area contributed by atoms with Crippen molar-refractivity contribution in [2.24, 2.45) is 5.41 Å². The van der Waals surface area contributed by atoms with E-state index < -0.39 is 11.4 Å². The number of aromatic nitrogens is 2. The lowest BCUT2D eigenvalue weighted by Crippen LogP contribution is -2.55. The zero-order valence-electron chi connectivity index (χ0n) is 13.9. The van der Waals surface area contributed by atoms with Crippen molar-refractivity contribution in [3.63, 3.8) is 0 Å². The van der Waals surface area contributed by atoms with Crippen LogP contribution >= 0.6 is 0 Å². The number of carboxylic acids is 1. The Morgan fingerprint density at radius 1 is 1.22 bits per heavy atom. The van der Waals surface area contributed by atoms with E-state index in [1.54, 1.807) is 24.9 Å². The zero-order chi connectivity index (χ0) is 17.0. The van der Waals surface area contributed by atoms with Gasteiger partial charge < -0.3 is 14.9 Å². The summed E-state index contributed by atoms with van der Waals surface area (Å²) in [6, 6.07) is 1.85. The Balaban J connectivity index is 2.06. The van der Waals surface area contributed by atoms with Crippen molar-refractivity contribution < 1.29 is 14.7 Å². The number of aliphatic carboxylic acids is 1. The molecular formula is C16H24N4O3. The van der Waals surface area contributed by atoms with Gasteiger partial charge in [0.25, 0.3) is 0 Å². The summed E-state index contributed by atoms with van der Waals surface area (Å²) >= 11 is 0. The molecule has 1 aliphatic heterocycles. The molecule has 0 bridgehead atoms. The number of nitrogens with zero attached hydrogens (tertiary/aromatic N) is 4. The number of aryl methyl sites for hydroxylation is 1. The van der Waals surface area contributed by atoms with E-state index >= 15 is 0 Å². The van der Waals surface area contributed by atoms with E-state index in [-0.39, 0.29) is 5.91 Å². The van der Waals surface area contributed by atoms with Crippen LogP contribution in [0.25, 0.3) is 0 Å². The van der Waals surface area contributed by atoms with Crippen LogP contribution in [0.15, 0.2) is 12.3 Å². The van der Waals surface area contributed by atoms with Crippen LogP contribution < -0.4 is 4.90 Å². The van der Waals surface area contributed by atoms with Crippen molar-refractivity contribution in [2.75, 3.05) is 31.1 Å². The number of rotatable bonds is 5. The Morgan fingerprint density at radius 2 is 1.83 bits per heavy atom. The Morgan fingerprint density at radius 3 is 2.30 bits per heavy atom. The molecule has 1 aliphatic rings. The van der Waals surface area contributed by atoms with Crippen molar-refractivity contribution in [1.82, 2.24) is 14.9 Å². The molecule has 1 aromatic heterocycles. The molecule has 1 saturated heterocycles. The SMILES string of the molecule is CCC(CC)(C(=O)O)C(=O)N1CCN(c2ccnc(C)n2)CC1. The van der Waals surface area contributed by atoms with Gasteiger partial charge in [-0.2, -0.15) is 0 Å². The summed E-state index contributed by atoms with van der Waals surface area (Å²) in [6.45, 7) is 7.67. The third kappa shape index (κ3) is 3.28. The van der Waals surface area contributed by atoms with Gasteiger partial charge in [0, 0.05) is 32.4 Å². The quantitative estimate of drug-likeness (QED) is 0.824. The van der Waals surface area contributed by atoms with E-state index in [2.05, 4.69) is 14.9 Å². The highest BCUT2D eigenvalue weighted by Crippen LogP contribution is 2.30. The van der Waals surface area contributed by atoms with Gasteiger partial charge in [-0.15, -0.1) is 0 Å². The summed E-state index contributed by atoms with van der Waals surface area (Å²) in [5, 5.41) is 9.51. The summed E-state index contributed by atoms with van der Waals surface area (Å²) in [5.41, 5.74) is -1.30. The van der Waals surface area contributed by atoms with Crippen molar-refractivity contribution in [3.05, 3.63) is 18.1 Å². The zero-order valence-corrected chi connectivity index (χ0v) is 13.9. The van der Waals surface area contributed by atoms with Gasteiger partial charge in [0.1, 0.15) is 17.1 Å². The first-order valence-corrected chi connectivity index (χ1v) is 8.02. The molecule has 0 aliphatic carbocycles. The molecule has 0 unspecified atom stereocenters. The Hall–Kier alpha value is -2.18. The molecule has 0 spiro atoms. The molecule has 7 heteroatoms. The van der Waals surface area contributed by atoms with Crippen molar-refractivity contribution >= 4 is 17.7 Å². The number of amides is 1. The Bertz CT molecular complexity index is 578. The van der Waals surface area contributed by atoms with E-state index in [0.717, 1.165) is 5.82 Å². The average Bonchev–Trinajstić information content (AvgIpc) is 2.56. The number of anilines is 1. The number of carbonyl (C=O) groups is 2. The van der Waals surface area contributed by atoms with E-state index in [1.165, 1.54) is 0 Å². The van der Waals surface area contributed by atoms with E-state index in [9.17, 15) is 14.7 Å². The third-order valence-corrected chi connectivity index (χ3v) is 4.68. The second-order valence-electron chi connectivity index (χ2n) is 5.84.